The third-order valence-electron chi connectivity index (χ3n) is 3.52. The average Bonchev–Trinajstić information content (AvgIpc) is 3.01. The first-order valence-corrected chi connectivity index (χ1v) is 6.27. The topological polar surface area (TPSA) is 131 Å². The van der Waals surface area contributed by atoms with Crippen LogP contribution in [0.1, 0.15) is 6.23 Å². The Hall–Kier alpha value is -2.07. The van der Waals surface area contributed by atoms with Crippen molar-refractivity contribution in [3.63, 3.8) is 0 Å². The summed E-state index contributed by atoms with van der Waals surface area (Å²) in [4.78, 5) is 10.5. The second kappa shape index (κ2) is 5.04. The van der Waals surface area contributed by atoms with Gasteiger partial charge in [0.25, 0.3) is 5.69 Å². The molecule has 21 heavy (non-hydrogen) atoms. The molecule has 0 spiro atoms. The number of nitro groups is 1. The smallest absolute Gasteiger partial charge is 0.280 e. The molecule has 4 atom stereocenters. The molecule has 0 saturated carbocycles. The van der Waals surface area contributed by atoms with Crippen molar-refractivity contribution in [3.05, 3.63) is 34.5 Å². The number of nitrogens with zero attached hydrogens (tertiary/aromatic N) is 3. The van der Waals surface area contributed by atoms with E-state index < -0.39 is 36.1 Å². The maximum absolute atomic E-state index is 11.0. The monoisotopic (exact) mass is 295 g/mol. The van der Waals surface area contributed by atoms with E-state index in [1.54, 1.807) is 6.07 Å². The number of nitro benzene ring substituents is 1. The van der Waals surface area contributed by atoms with E-state index in [1.165, 1.54) is 23.0 Å². The van der Waals surface area contributed by atoms with Gasteiger partial charge in [-0.15, -0.1) is 0 Å². The third kappa shape index (κ3) is 2.16. The van der Waals surface area contributed by atoms with Gasteiger partial charge in [-0.1, -0.05) is 6.07 Å². The van der Waals surface area contributed by atoms with Crippen LogP contribution in [-0.4, -0.2) is 54.9 Å². The fourth-order valence-electron chi connectivity index (χ4n) is 2.43. The van der Waals surface area contributed by atoms with E-state index in [1.807, 2.05) is 0 Å². The zero-order valence-electron chi connectivity index (χ0n) is 10.7. The van der Waals surface area contributed by atoms with E-state index >= 15 is 0 Å². The number of ether oxygens (including phenoxy) is 1. The summed E-state index contributed by atoms with van der Waals surface area (Å²) in [7, 11) is 0. The average molecular weight is 295 g/mol. The first-order valence-electron chi connectivity index (χ1n) is 6.27. The van der Waals surface area contributed by atoms with E-state index in [0.717, 1.165) is 0 Å². The summed E-state index contributed by atoms with van der Waals surface area (Å²) >= 11 is 0. The quantitative estimate of drug-likeness (QED) is 0.516. The van der Waals surface area contributed by atoms with Crippen molar-refractivity contribution in [3.8, 4) is 0 Å². The Morgan fingerprint density at radius 2 is 2.14 bits per heavy atom. The largest absolute Gasteiger partial charge is 0.394 e. The van der Waals surface area contributed by atoms with Gasteiger partial charge in [0.1, 0.15) is 18.3 Å². The van der Waals surface area contributed by atoms with Gasteiger partial charge in [-0.05, 0) is 6.07 Å². The Balaban J connectivity index is 2.02. The van der Waals surface area contributed by atoms with Crippen LogP contribution in [0, 0.1) is 10.1 Å². The van der Waals surface area contributed by atoms with Crippen LogP contribution in [0.3, 0.4) is 0 Å². The molecule has 1 aromatic carbocycles. The number of aliphatic hydroxyl groups is 3. The lowest BCUT2D eigenvalue weighted by atomic mass is 10.1. The minimum absolute atomic E-state index is 0.106. The molecule has 0 amide bonds. The summed E-state index contributed by atoms with van der Waals surface area (Å²) in [5.74, 6) is 0. The highest BCUT2D eigenvalue weighted by Crippen LogP contribution is 2.32. The molecule has 2 aromatic rings. The minimum atomic E-state index is -1.28. The molecule has 1 saturated heterocycles. The fraction of sp³-hybridized carbons (Fsp3) is 0.417. The molecule has 0 unspecified atom stereocenters. The normalized spacial score (nSPS) is 29.1. The van der Waals surface area contributed by atoms with Gasteiger partial charge >= 0.3 is 0 Å². The summed E-state index contributed by atoms with van der Waals surface area (Å²) in [6, 6.07) is 4.46. The highest BCUT2D eigenvalue weighted by Gasteiger charge is 2.43. The molecule has 3 rings (SSSR count). The molecule has 9 heteroatoms. The van der Waals surface area contributed by atoms with E-state index in [2.05, 4.69) is 5.10 Å². The molecule has 0 bridgehead atoms. The first kappa shape index (κ1) is 13.9. The highest BCUT2D eigenvalue weighted by atomic mass is 16.6. The summed E-state index contributed by atoms with van der Waals surface area (Å²) in [6.45, 7) is -0.449. The van der Waals surface area contributed by atoms with Gasteiger partial charge in [-0.25, -0.2) is 4.68 Å². The lowest BCUT2D eigenvalue weighted by Gasteiger charge is -2.14. The summed E-state index contributed by atoms with van der Waals surface area (Å²) in [5.41, 5.74) is 0.271. The summed E-state index contributed by atoms with van der Waals surface area (Å²) in [5, 5.41) is 44.1. The van der Waals surface area contributed by atoms with E-state index in [0.29, 0.717) is 10.9 Å². The van der Waals surface area contributed by atoms with Crippen molar-refractivity contribution in [1.29, 1.82) is 0 Å². The second-order valence-corrected chi connectivity index (χ2v) is 4.81. The van der Waals surface area contributed by atoms with Gasteiger partial charge in [0, 0.05) is 12.3 Å². The van der Waals surface area contributed by atoms with Crippen molar-refractivity contribution >= 4 is 16.6 Å². The Labute approximate surface area is 118 Å². The number of aliphatic hydroxyl groups excluding tert-OH is 3. The number of hydrogen-bond donors (Lipinski definition) is 3. The fourth-order valence-corrected chi connectivity index (χ4v) is 2.43. The molecular formula is C12H13N3O6. The van der Waals surface area contributed by atoms with E-state index in [9.17, 15) is 20.3 Å². The number of hydrogen-bond acceptors (Lipinski definition) is 7. The predicted octanol–water partition coefficient (Wildman–Crippen LogP) is -0.444. The van der Waals surface area contributed by atoms with Crippen molar-refractivity contribution < 1.29 is 25.0 Å². The molecule has 1 aliphatic heterocycles. The Morgan fingerprint density at radius 3 is 2.76 bits per heavy atom. The van der Waals surface area contributed by atoms with E-state index in [-0.39, 0.29) is 5.69 Å². The third-order valence-corrected chi connectivity index (χ3v) is 3.52. The SMILES string of the molecule is O=[N+]([O-])c1cccc2nn([C@H]3O[C@@H](CO)[C@@H](O)[C@H]3O)cc12. The summed E-state index contributed by atoms with van der Waals surface area (Å²) < 4.78 is 6.56. The van der Waals surface area contributed by atoms with Crippen LogP contribution in [0.15, 0.2) is 24.4 Å². The molecule has 112 valence electrons. The number of aromatic nitrogens is 2. The standard InChI is InChI=1S/C12H13N3O6/c16-5-9-10(17)11(18)12(21-9)14-4-6-7(13-14)2-1-3-8(6)15(19)20/h1-4,9-12,16-18H,5H2/t9-,10+,11+,12-/m0/s1. The van der Waals surface area contributed by atoms with Crippen LogP contribution < -0.4 is 0 Å². The first-order chi connectivity index (χ1) is 10.0. The van der Waals surface area contributed by atoms with Crippen molar-refractivity contribution in [2.24, 2.45) is 0 Å². The van der Waals surface area contributed by atoms with Crippen LogP contribution in [-0.2, 0) is 4.74 Å². The zero-order chi connectivity index (χ0) is 15.1. The van der Waals surface area contributed by atoms with Gasteiger partial charge in [0.05, 0.1) is 22.4 Å². The van der Waals surface area contributed by atoms with Crippen molar-refractivity contribution in [1.82, 2.24) is 9.78 Å². The van der Waals surface area contributed by atoms with Gasteiger partial charge in [-0.3, -0.25) is 10.1 Å². The van der Waals surface area contributed by atoms with Crippen LogP contribution in [0.2, 0.25) is 0 Å². The second-order valence-electron chi connectivity index (χ2n) is 4.81. The number of benzene rings is 1. The van der Waals surface area contributed by atoms with Crippen molar-refractivity contribution in [2.45, 2.75) is 24.5 Å². The van der Waals surface area contributed by atoms with Gasteiger partial charge in [0.15, 0.2) is 6.23 Å². The van der Waals surface area contributed by atoms with E-state index in [4.69, 9.17) is 9.84 Å². The molecule has 1 aromatic heterocycles. The maximum atomic E-state index is 11.0. The maximum Gasteiger partial charge on any atom is 0.280 e. The highest BCUT2D eigenvalue weighted by molar-refractivity contribution is 5.87. The molecular weight excluding hydrogens is 282 g/mol. The van der Waals surface area contributed by atoms with Gasteiger partial charge in [-0.2, -0.15) is 5.10 Å². The summed E-state index contributed by atoms with van der Waals surface area (Å²) in [6.07, 6.45) is -3.08. The molecule has 9 nitrogen and oxygen atoms in total. The molecule has 3 N–H and O–H groups in total. The molecule has 2 heterocycles. The Kier molecular flexibility index (Phi) is 3.33. The predicted molar refractivity (Wildman–Crippen MR) is 69.4 cm³/mol. The van der Waals surface area contributed by atoms with Crippen LogP contribution in [0.5, 0.6) is 0 Å². The number of rotatable bonds is 3. The minimum Gasteiger partial charge on any atom is -0.394 e. The van der Waals surface area contributed by atoms with Crippen LogP contribution in [0.25, 0.3) is 10.9 Å². The molecule has 0 aliphatic carbocycles. The molecule has 1 fully saturated rings. The van der Waals surface area contributed by atoms with Crippen LogP contribution >= 0.6 is 0 Å². The van der Waals surface area contributed by atoms with Gasteiger partial charge in [0.2, 0.25) is 0 Å². The Morgan fingerprint density at radius 1 is 1.38 bits per heavy atom. The molecule has 1 aliphatic rings. The lowest BCUT2D eigenvalue weighted by molar-refractivity contribution is -0.383. The van der Waals surface area contributed by atoms with Crippen molar-refractivity contribution in [2.75, 3.05) is 6.61 Å². The molecule has 0 radical (unpaired) electrons. The van der Waals surface area contributed by atoms with Gasteiger partial charge < -0.3 is 20.1 Å². The lowest BCUT2D eigenvalue weighted by Crippen LogP contribution is -2.33. The number of non-ortho nitro benzene ring substituents is 1. The van der Waals surface area contributed by atoms with Crippen LogP contribution in [0.4, 0.5) is 5.69 Å². The Bertz CT molecular complexity index is 687. The zero-order valence-corrected chi connectivity index (χ0v) is 10.7. The number of fused-ring (bicyclic) bond motifs is 1.